The first-order valence-corrected chi connectivity index (χ1v) is 9.33. The first kappa shape index (κ1) is 14.4. The minimum atomic E-state index is -0.0224. The fourth-order valence-corrected chi connectivity index (χ4v) is 5.25. The van der Waals surface area contributed by atoms with Crippen LogP contribution < -0.4 is 5.32 Å². The van der Waals surface area contributed by atoms with Gasteiger partial charge in [0.25, 0.3) is 5.24 Å². The smallest absolute Gasteiger partial charge is 0.285 e. The van der Waals surface area contributed by atoms with E-state index in [0.29, 0.717) is 0 Å². The van der Waals surface area contributed by atoms with Crippen molar-refractivity contribution in [3.63, 3.8) is 0 Å². The van der Waals surface area contributed by atoms with Gasteiger partial charge in [0.1, 0.15) is 5.84 Å². The second-order valence-corrected chi connectivity index (χ2v) is 8.22. The topological polar surface area (TPSA) is 41.5 Å². The van der Waals surface area contributed by atoms with E-state index in [1.54, 1.807) is 11.8 Å². The lowest BCUT2D eigenvalue weighted by Gasteiger charge is -2.20. The highest BCUT2D eigenvalue weighted by Crippen LogP contribution is 2.49. The lowest BCUT2D eigenvalue weighted by molar-refractivity contribution is 0.265. The summed E-state index contributed by atoms with van der Waals surface area (Å²) in [6.07, 6.45) is 0. The molecule has 2 atom stereocenters. The van der Waals surface area contributed by atoms with E-state index >= 15 is 0 Å². The van der Waals surface area contributed by atoms with Crippen molar-refractivity contribution in [3.05, 3.63) is 58.6 Å². The summed E-state index contributed by atoms with van der Waals surface area (Å²) in [6, 6.07) is 16.4. The number of carbonyl (C=O) groups is 1. The van der Waals surface area contributed by atoms with E-state index in [-0.39, 0.29) is 15.7 Å². The lowest BCUT2D eigenvalue weighted by Crippen LogP contribution is -2.27. The third kappa shape index (κ3) is 2.59. The quantitative estimate of drug-likeness (QED) is 0.731. The molecule has 0 saturated carbocycles. The number of halogens is 1. The average molecular weight is 391 g/mol. The van der Waals surface area contributed by atoms with Gasteiger partial charge in [-0.15, -0.1) is 11.8 Å². The number of rotatable bonds is 1. The Morgan fingerprint density at radius 3 is 2.59 bits per heavy atom. The Balaban J connectivity index is 1.82. The molecule has 0 aliphatic carbocycles. The highest BCUT2D eigenvalue weighted by Gasteiger charge is 2.39. The maximum absolute atomic E-state index is 11.8. The molecule has 2 heterocycles. The first-order chi connectivity index (χ1) is 10.7. The van der Waals surface area contributed by atoms with Crippen LogP contribution in [0.3, 0.4) is 0 Å². The minimum absolute atomic E-state index is 0.0195. The molecule has 1 fully saturated rings. The number of amidine groups is 1. The summed E-state index contributed by atoms with van der Waals surface area (Å²) in [6.45, 7) is 0. The van der Waals surface area contributed by atoms with Crippen LogP contribution >= 0.6 is 39.5 Å². The Kier molecular flexibility index (Phi) is 3.76. The molecular weight excluding hydrogens is 380 g/mol. The van der Waals surface area contributed by atoms with Gasteiger partial charge in [-0.1, -0.05) is 52.0 Å². The van der Waals surface area contributed by atoms with Gasteiger partial charge in [-0.2, -0.15) is 0 Å². The minimum Gasteiger partial charge on any atom is -0.304 e. The molecule has 3 nitrogen and oxygen atoms in total. The molecule has 6 heteroatoms. The molecular formula is C16H11BrN2OS2. The zero-order valence-electron chi connectivity index (χ0n) is 11.3. The molecule has 1 saturated heterocycles. The number of fused-ring (bicyclic) bond motifs is 2. The monoisotopic (exact) mass is 390 g/mol. The largest absolute Gasteiger partial charge is 0.304 e. The van der Waals surface area contributed by atoms with Gasteiger partial charge in [0, 0.05) is 9.37 Å². The van der Waals surface area contributed by atoms with Gasteiger partial charge in [0.15, 0.2) is 0 Å². The number of carbonyl (C=O) groups excluding carboxylic acids is 1. The Hall–Kier alpha value is -1.24. The summed E-state index contributed by atoms with van der Waals surface area (Å²) >= 11 is 6.57. The van der Waals surface area contributed by atoms with Gasteiger partial charge < -0.3 is 5.32 Å². The second kappa shape index (κ2) is 5.76. The van der Waals surface area contributed by atoms with Crippen molar-refractivity contribution in [3.8, 4) is 0 Å². The van der Waals surface area contributed by atoms with Gasteiger partial charge in [-0.25, -0.2) is 4.99 Å². The maximum Gasteiger partial charge on any atom is 0.285 e. The van der Waals surface area contributed by atoms with E-state index in [0.717, 1.165) is 20.9 Å². The number of nitrogens with zero attached hydrogens (tertiary/aromatic N) is 1. The predicted molar refractivity (Wildman–Crippen MR) is 96.2 cm³/mol. The second-order valence-electron chi connectivity index (χ2n) is 5.01. The zero-order valence-corrected chi connectivity index (χ0v) is 14.5. The number of nitrogens with one attached hydrogen (secondary N) is 1. The number of thioether (sulfide) groups is 2. The molecule has 0 radical (unpaired) electrons. The van der Waals surface area contributed by atoms with E-state index < -0.39 is 0 Å². The highest BCUT2D eigenvalue weighted by molar-refractivity contribution is 9.10. The fourth-order valence-electron chi connectivity index (χ4n) is 2.55. The number of aliphatic imine (C=N–C) groups is 1. The summed E-state index contributed by atoms with van der Waals surface area (Å²) in [5.41, 5.74) is 2.13. The molecule has 4 rings (SSSR count). The molecule has 2 aromatic carbocycles. The van der Waals surface area contributed by atoms with E-state index in [4.69, 9.17) is 0 Å². The lowest BCUT2D eigenvalue weighted by atomic mass is 10.1. The number of para-hydroxylation sites is 1. The van der Waals surface area contributed by atoms with Gasteiger partial charge >= 0.3 is 0 Å². The molecule has 1 amide bonds. The Labute approximate surface area is 145 Å². The molecule has 0 bridgehead atoms. The van der Waals surface area contributed by atoms with Crippen LogP contribution in [0.15, 0.2) is 62.9 Å². The molecule has 0 spiro atoms. The normalized spacial score (nSPS) is 23.1. The summed E-state index contributed by atoms with van der Waals surface area (Å²) < 4.78 is 1.05. The van der Waals surface area contributed by atoms with Crippen molar-refractivity contribution in [1.29, 1.82) is 0 Å². The van der Waals surface area contributed by atoms with Crippen molar-refractivity contribution in [2.75, 3.05) is 0 Å². The van der Waals surface area contributed by atoms with Crippen molar-refractivity contribution in [1.82, 2.24) is 5.32 Å². The molecule has 2 unspecified atom stereocenters. The highest BCUT2D eigenvalue weighted by atomic mass is 79.9. The predicted octanol–water partition coefficient (Wildman–Crippen LogP) is 5.15. The van der Waals surface area contributed by atoms with E-state index in [2.05, 4.69) is 44.4 Å². The Morgan fingerprint density at radius 1 is 1.00 bits per heavy atom. The van der Waals surface area contributed by atoms with Crippen molar-refractivity contribution < 1.29 is 4.79 Å². The summed E-state index contributed by atoms with van der Waals surface area (Å²) in [5.74, 6) is 0.764. The van der Waals surface area contributed by atoms with Crippen LogP contribution in [0, 0.1) is 0 Å². The Morgan fingerprint density at radius 2 is 1.77 bits per heavy atom. The van der Waals surface area contributed by atoms with Crippen LogP contribution in [0.2, 0.25) is 0 Å². The van der Waals surface area contributed by atoms with E-state index in [1.165, 1.54) is 17.3 Å². The number of hydrogen-bond acceptors (Lipinski definition) is 4. The first-order valence-electron chi connectivity index (χ1n) is 6.78. The summed E-state index contributed by atoms with van der Waals surface area (Å²) in [5, 5.41) is 3.05. The third-order valence-electron chi connectivity index (χ3n) is 3.57. The standard InChI is InChI=1S/C16H11BrN2OS2/c17-10-7-5-9(6-8-10)13-14-15(19-16(20)22-14)18-11-3-1-2-4-12(11)21-13/h1-8,13-14H,(H,18,19,20). The summed E-state index contributed by atoms with van der Waals surface area (Å²) in [4.78, 5) is 17.6. The maximum atomic E-state index is 11.8. The van der Waals surface area contributed by atoms with E-state index in [9.17, 15) is 4.79 Å². The molecule has 1 N–H and O–H groups in total. The molecule has 110 valence electrons. The number of hydrogen-bond donors (Lipinski definition) is 1. The fraction of sp³-hybridized carbons (Fsp3) is 0.125. The van der Waals surface area contributed by atoms with Crippen LogP contribution in [-0.4, -0.2) is 16.3 Å². The molecule has 2 aromatic rings. The van der Waals surface area contributed by atoms with Gasteiger partial charge in [0.05, 0.1) is 16.2 Å². The van der Waals surface area contributed by atoms with Crippen LogP contribution in [0.4, 0.5) is 10.5 Å². The van der Waals surface area contributed by atoms with Crippen molar-refractivity contribution in [2.45, 2.75) is 15.4 Å². The molecule has 2 aliphatic heterocycles. The van der Waals surface area contributed by atoms with Crippen molar-refractivity contribution >= 4 is 56.2 Å². The Bertz CT molecular complexity index is 776. The molecule has 0 aromatic heterocycles. The number of amides is 1. The van der Waals surface area contributed by atoms with Crippen LogP contribution in [0.25, 0.3) is 0 Å². The van der Waals surface area contributed by atoms with Crippen LogP contribution in [0.5, 0.6) is 0 Å². The summed E-state index contributed by atoms with van der Waals surface area (Å²) in [7, 11) is 0. The van der Waals surface area contributed by atoms with Gasteiger partial charge in [0.2, 0.25) is 0 Å². The SMILES string of the molecule is O=C1NC2=Nc3ccccc3SC(c3ccc(Br)cc3)C2S1. The van der Waals surface area contributed by atoms with Crippen LogP contribution in [0.1, 0.15) is 10.8 Å². The average Bonchev–Trinajstić information content (AvgIpc) is 2.80. The van der Waals surface area contributed by atoms with Crippen molar-refractivity contribution in [2.24, 2.45) is 4.99 Å². The van der Waals surface area contributed by atoms with Crippen LogP contribution in [-0.2, 0) is 0 Å². The molecule has 2 aliphatic rings. The third-order valence-corrected chi connectivity index (χ3v) is 6.73. The molecule has 22 heavy (non-hydrogen) atoms. The van der Waals surface area contributed by atoms with E-state index in [1.807, 2.05) is 30.3 Å². The number of benzene rings is 2. The zero-order chi connectivity index (χ0) is 15.1. The van der Waals surface area contributed by atoms with Gasteiger partial charge in [-0.3, -0.25) is 4.79 Å². The van der Waals surface area contributed by atoms with Gasteiger partial charge in [-0.05, 0) is 29.8 Å².